The topological polar surface area (TPSA) is 46.2 Å². The Bertz CT molecular complexity index is 792. The van der Waals surface area contributed by atoms with Gasteiger partial charge in [-0.3, -0.25) is 0 Å². The third-order valence-corrected chi connectivity index (χ3v) is 7.05. The van der Waals surface area contributed by atoms with Gasteiger partial charge in [0.2, 0.25) is 10.0 Å². The highest BCUT2D eigenvalue weighted by Crippen LogP contribution is 2.33. The van der Waals surface area contributed by atoms with Crippen molar-refractivity contribution in [1.29, 1.82) is 0 Å². The number of benzene rings is 2. The summed E-state index contributed by atoms with van der Waals surface area (Å²) in [5.74, 6) is 0.0560. The third kappa shape index (κ3) is 3.76. The van der Waals surface area contributed by atoms with Gasteiger partial charge < -0.3 is 0 Å². The number of sulfonamides is 1. The maximum Gasteiger partial charge on any atom is 0.249 e. The molecule has 1 atom stereocenters. The van der Waals surface area contributed by atoms with Gasteiger partial charge in [-0.25, -0.2) is 8.42 Å². The van der Waals surface area contributed by atoms with Crippen LogP contribution in [0.2, 0.25) is 10.0 Å². The Hall–Kier alpha value is -0.340. The second-order valence-electron chi connectivity index (χ2n) is 4.97. The van der Waals surface area contributed by atoms with E-state index >= 15 is 0 Å². The molecule has 2 aromatic rings. The second kappa shape index (κ2) is 7.05. The molecule has 3 nitrogen and oxygen atoms in total. The monoisotopic (exact) mass is 469 g/mol. The Morgan fingerprint density at radius 2 is 1.73 bits per heavy atom. The van der Waals surface area contributed by atoms with Crippen LogP contribution >= 0.6 is 46.1 Å². The van der Waals surface area contributed by atoms with Crippen molar-refractivity contribution >= 4 is 56.1 Å². The molecule has 0 aliphatic carbocycles. The van der Waals surface area contributed by atoms with Gasteiger partial charge >= 0.3 is 0 Å². The van der Waals surface area contributed by atoms with Gasteiger partial charge in [0.1, 0.15) is 0 Å². The lowest BCUT2D eigenvalue weighted by Gasteiger charge is -2.17. The van der Waals surface area contributed by atoms with E-state index in [1.54, 1.807) is 53.2 Å². The maximum absolute atomic E-state index is 11.7. The fourth-order valence-electron chi connectivity index (χ4n) is 2.28. The summed E-state index contributed by atoms with van der Waals surface area (Å²) in [7, 11) is -3.43. The summed E-state index contributed by atoms with van der Waals surface area (Å²) in [5.41, 5.74) is 3.00. The molecule has 0 bridgehead atoms. The smallest absolute Gasteiger partial charge is 0.206 e. The molecule has 0 radical (unpaired) electrons. The first-order valence-corrected chi connectivity index (χ1v) is 9.76. The van der Waals surface area contributed by atoms with Crippen LogP contribution in [0.3, 0.4) is 0 Å². The molecule has 118 valence electrons. The Labute approximate surface area is 154 Å². The predicted molar refractivity (Wildman–Crippen MR) is 99.5 cm³/mol. The van der Waals surface area contributed by atoms with E-state index in [-0.39, 0.29) is 10.8 Å². The average molecular weight is 470 g/mol. The zero-order valence-corrected chi connectivity index (χ0v) is 16.4. The van der Waals surface area contributed by atoms with Crippen LogP contribution in [0.4, 0.5) is 0 Å². The number of hydrogen-bond donors (Lipinski definition) is 1. The Morgan fingerprint density at radius 3 is 2.27 bits per heavy atom. The van der Waals surface area contributed by atoms with Gasteiger partial charge in [0.05, 0.1) is 4.90 Å². The summed E-state index contributed by atoms with van der Waals surface area (Å²) in [5, 5.41) is 1.22. The minimum atomic E-state index is -3.43. The molecule has 0 saturated heterocycles. The van der Waals surface area contributed by atoms with Crippen LogP contribution < -0.4 is 2.94 Å². The van der Waals surface area contributed by atoms with E-state index < -0.39 is 10.0 Å². The lowest BCUT2D eigenvalue weighted by atomic mass is 9.90. The van der Waals surface area contributed by atoms with E-state index in [1.165, 1.54) is 0 Å². The van der Waals surface area contributed by atoms with Crippen molar-refractivity contribution in [3.05, 3.63) is 63.1 Å². The first kappa shape index (κ1) is 18.0. The van der Waals surface area contributed by atoms with Gasteiger partial charge in [-0.2, -0.15) is 2.94 Å². The molecule has 0 aliphatic heterocycles. The summed E-state index contributed by atoms with van der Waals surface area (Å²) in [6.07, 6.45) is 0. The molecule has 1 unspecified atom stereocenters. The van der Waals surface area contributed by atoms with Crippen molar-refractivity contribution in [2.45, 2.75) is 24.7 Å². The van der Waals surface area contributed by atoms with Crippen molar-refractivity contribution < 1.29 is 8.42 Å². The van der Waals surface area contributed by atoms with Crippen molar-refractivity contribution in [2.75, 3.05) is 0 Å². The number of hydrogen-bond acceptors (Lipinski definition) is 2. The summed E-state index contributed by atoms with van der Waals surface area (Å²) in [4.78, 5) is 0.235. The Kier molecular flexibility index (Phi) is 5.77. The molecule has 22 heavy (non-hydrogen) atoms. The van der Waals surface area contributed by atoms with E-state index in [1.807, 2.05) is 19.9 Å². The largest absolute Gasteiger partial charge is 0.249 e. The first-order valence-electron chi connectivity index (χ1n) is 6.44. The molecule has 7 heteroatoms. The molecule has 2 aromatic carbocycles. The molecule has 0 aliphatic rings. The van der Waals surface area contributed by atoms with Crippen molar-refractivity contribution in [3.8, 4) is 0 Å². The average Bonchev–Trinajstić information content (AvgIpc) is 2.50. The highest BCUT2D eigenvalue weighted by molar-refractivity contribution is 14.1. The zero-order chi connectivity index (χ0) is 16.5. The molecule has 0 heterocycles. The van der Waals surface area contributed by atoms with Crippen LogP contribution in [0.5, 0.6) is 0 Å². The van der Waals surface area contributed by atoms with E-state index in [2.05, 4.69) is 2.94 Å². The maximum atomic E-state index is 11.7. The zero-order valence-electron chi connectivity index (χ0n) is 11.9. The highest BCUT2D eigenvalue weighted by Gasteiger charge is 2.16. The lowest BCUT2D eigenvalue weighted by Crippen LogP contribution is -2.12. The SMILES string of the molecule is Cc1c(Cl)cc(Cl)cc1C(C)c1ccc(S(=O)(=O)NI)cc1. The van der Waals surface area contributed by atoms with Crippen LogP contribution in [-0.2, 0) is 10.0 Å². The highest BCUT2D eigenvalue weighted by atomic mass is 127. The molecular formula is C15H14Cl2INO2S. The first-order chi connectivity index (χ1) is 10.3. The van der Waals surface area contributed by atoms with E-state index in [0.29, 0.717) is 10.0 Å². The van der Waals surface area contributed by atoms with Crippen molar-refractivity contribution in [1.82, 2.24) is 2.94 Å². The van der Waals surface area contributed by atoms with Gasteiger partial charge in [-0.05, 0) is 47.9 Å². The molecule has 0 saturated carbocycles. The van der Waals surface area contributed by atoms with Gasteiger partial charge in [0, 0.05) is 38.8 Å². The number of nitrogens with one attached hydrogen (secondary N) is 1. The molecular weight excluding hydrogens is 456 g/mol. The normalized spacial score (nSPS) is 13.1. The van der Waals surface area contributed by atoms with Gasteiger partial charge in [0.15, 0.2) is 0 Å². The Morgan fingerprint density at radius 1 is 1.14 bits per heavy atom. The molecule has 0 spiro atoms. The van der Waals surface area contributed by atoms with Gasteiger partial charge in [-0.15, -0.1) is 0 Å². The number of rotatable bonds is 4. The van der Waals surface area contributed by atoms with E-state index in [0.717, 1.165) is 16.7 Å². The van der Waals surface area contributed by atoms with Crippen LogP contribution in [0, 0.1) is 6.92 Å². The summed E-state index contributed by atoms with van der Waals surface area (Å²) < 4.78 is 25.8. The predicted octanol–water partition coefficient (Wildman–Crippen LogP) is 5.08. The molecule has 0 amide bonds. The minimum absolute atomic E-state index is 0.0560. The standard InChI is InChI=1S/C15H14Cl2INO2S/c1-9(14-7-12(16)8-15(17)10(14)2)11-3-5-13(6-4-11)22(20,21)19-18/h3-9,19H,1-2H3. The minimum Gasteiger partial charge on any atom is -0.206 e. The molecule has 1 N–H and O–H groups in total. The fourth-order valence-corrected chi connectivity index (χ4v) is 4.13. The van der Waals surface area contributed by atoms with Crippen molar-refractivity contribution in [2.24, 2.45) is 0 Å². The second-order valence-corrected chi connectivity index (χ2v) is 8.77. The molecule has 0 fully saturated rings. The van der Waals surface area contributed by atoms with Gasteiger partial charge in [-0.1, -0.05) is 42.3 Å². The van der Waals surface area contributed by atoms with Crippen LogP contribution in [-0.4, -0.2) is 8.42 Å². The molecule has 2 rings (SSSR count). The van der Waals surface area contributed by atoms with Crippen LogP contribution in [0.1, 0.15) is 29.5 Å². The Balaban J connectivity index is 2.41. The van der Waals surface area contributed by atoms with Crippen molar-refractivity contribution in [3.63, 3.8) is 0 Å². The van der Waals surface area contributed by atoms with E-state index in [4.69, 9.17) is 23.2 Å². The van der Waals surface area contributed by atoms with E-state index in [9.17, 15) is 8.42 Å². The molecule has 0 aromatic heterocycles. The summed E-state index contributed by atoms with van der Waals surface area (Å²) >= 11 is 13.9. The van der Waals surface area contributed by atoms with Crippen LogP contribution in [0.25, 0.3) is 0 Å². The quantitative estimate of drug-likeness (QED) is 0.501. The van der Waals surface area contributed by atoms with Gasteiger partial charge in [0.25, 0.3) is 0 Å². The number of halogens is 3. The summed E-state index contributed by atoms with van der Waals surface area (Å²) in [6.45, 7) is 3.98. The summed E-state index contributed by atoms with van der Waals surface area (Å²) in [6, 6.07) is 10.4. The fraction of sp³-hybridized carbons (Fsp3) is 0.200. The van der Waals surface area contributed by atoms with Crippen LogP contribution in [0.15, 0.2) is 41.3 Å². The third-order valence-electron chi connectivity index (χ3n) is 3.61. The lowest BCUT2D eigenvalue weighted by molar-refractivity contribution is 0.595.